The number of hydrogen-bond donors (Lipinski definition) is 4. The topological polar surface area (TPSA) is 108 Å². The van der Waals surface area contributed by atoms with Crippen LogP contribution in [-0.2, 0) is 16.1 Å². The summed E-state index contributed by atoms with van der Waals surface area (Å²) in [5, 5.41) is 6.07. The van der Waals surface area contributed by atoms with E-state index in [-0.39, 0.29) is 23.9 Å². The summed E-state index contributed by atoms with van der Waals surface area (Å²) in [4.78, 5) is 45.2. The molecule has 0 aliphatic carbocycles. The molecule has 1 heterocycles. The fourth-order valence-electron chi connectivity index (χ4n) is 3.38. The fourth-order valence-corrected chi connectivity index (χ4v) is 3.38. The van der Waals surface area contributed by atoms with E-state index in [1.165, 1.54) is 0 Å². The monoisotopic (exact) mass is 422 g/mol. The van der Waals surface area contributed by atoms with E-state index >= 15 is 0 Å². The highest BCUT2D eigenvalue weighted by Gasteiger charge is 2.23. The third-order valence-corrected chi connectivity index (χ3v) is 5.41. The fraction of sp³-hybridized carbons (Fsp3) is 0.304. The van der Waals surface area contributed by atoms with Crippen molar-refractivity contribution >= 4 is 28.4 Å². The Kier molecular flexibility index (Phi) is 6.81. The van der Waals surface area contributed by atoms with Gasteiger partial charge in [0.05, 0.1) is 24.5 Å². The Morgan fingerprint density at radius 2 is 1.77 bits per heavy atom. The molecule has 2 atom stereocenters. The van der Waals surface area contributed by atoms with Gasteiger partial charge in [-0.2, -0.15) is 0 Å². The molecule has 2 aromatic carbocycles. The van der Waals surface area contributed by atoms with Crippen LogP contribution in [0.2, 0.25) is 0 Å². The molecule has 162 valence electrons. The zero-order valence-corrected chi connectivity index (χ0v) is 18.2. The second-order valence-electron chi connectivity index (χ2n) is 7.81. The number of carbonyl (C=O) groups is 2. The second kappa shape index (κ2) is 9.53. The minimum atomic E-state index is -0.440. The predicted octanol–water partition coefficient (Wildman–Crippen LogP) is 0.698. The van der Waals surface area contributed by atoms with E-state index in [2.05, 4.69) is 20.6 Å². The summed E-state index contributed by atoms with van der Waals surface area (Å²) in [6, 6.07) is 12.5. The first-order chi connectivity index (χ1) is 14.8. The molecular weight excluding hydrogens is 394 g/mol. The summed E-state index contributed by atoms with van der Waals surface area (Å²) in [6.45, 7) is 5.87. The van der Waals surface area contributed by atoms with E-state index < -0.39 is 6.04 Å². The number of aromatic nitrogens is 2. The van der Waals surface area contributed by atoms with Gasteiger partial charge in [0.1, 0.15) is 6.54 Å². The molecule has 0 fully saturated rings. The van der Waals surface area contributed by atoms with Gasteiger partial charge in [-0.15, -0.1) is 0 Å². The SMILES string of the molecule is Cc1cccc(C)c1NC(=O)CNC(=O)[C@@H](C)[NH+](C)Cc1nc2ccccc2c(=O)[nH]1. The molecule has 0 saturated heterocycles. The number of nitrogens with zero attached hydrogens (tertiary/aromatic N) is 1. The number of aromatic amines is 1. The molecule has 8 nitrogen and oxygen atoms in total. The highest BCUT2D eigenvalue weighted by molar-refractivity contribution is 5.96. The average Bonchev–Trinajstić information content (AvgIpc) is 2.74. The normalized spacial score (nSPS) is 12.9. The lowest BCUT2D eigenvalue weighted by atomic mass is 10.1. The lowest BCUT2D eigenvalue weighted by Gasteiger charge is -2.20. The first-order valence-electron chi connectivity index (χ1n) is 10.2. The maximum absolute atomic E-state index is 12.5. The molecule has 0 bridgehead atoms. The van der Waals surface area contributed by atoms with Crippen LogP contribution in [0.1, 0.15) is 23.9 Å². The molecule has 0 aliphatic heterocycles. The van der Waals surface area contributed by atoms with Crippen molar-refractivity contribution in [3.8, 4) is 0 Å². The summed E-state index contributed by atoms with van der Waals surface area (Å²) in [5.74, 6) is -0.0259. The first kappa shape index (κ1) is 22.2. The van der Waals surface area contributed by atoms with Crippen LogP contribution < -0.4 is 21.1 Å². The summed E-state index contributed by atoms with van der Waals surface area (Å²) < 4.78 is 0. The average molecular weight is 423 g/mol. The van der Waals surface area contributed by atoms with Crippen LogP contribution in [0.3, 0.4) is 0 Å². The van der Waals surface area contributed by atoms with Gasteiger partial charge in [0.15, 0.2) is 11.9 Å². The van der Waals surface area contributed by atoms with Crippen molar-refractivity contribution < 1.29 is 14.5 Å². The molecule has 0 aliphatic rings. The number of hydrogen-bond acceptors (Lipinski definition) is 4. The smallest absolute Gasteiger partial charge is 0.278 e. The van der Waals surface area contributed by atoms with E-state index in [0.29, 0.717) is 23.3 Å². The quantitative estimate of drug-likeness (QED) is 0.449. The number of fused-ring (bicyclic) bond motifs is 1. The van der Waals surface area contributed by atoms with Crippen molar-refractivity contribution in [3.05, 3.63) is 69.8 Å². The van der Waals surface area contributed by atoms with Crippen LogP contribution in [0.4, 0.5) is 5.69 Å². The Labute approximate surface area is 180 Å². The molecule has 3 aromatic rings. The molecule has 0 saturated carbocycles. The molecule has 8 heteroatoms. The van der Waals surface area contributed by atoms with Gasteiger partial charge in [0, 0.05) is 5.69 Å². The van der Waals surface area contributed by atoms with Gasteiger partial charge in [0.25, 0.3) is 11.5 Å². The summed E-state index contributed by atoms with van der Waals surface area (Å²) in [6.07, 6.45) is 0. The van der Waals surface area contributed by atoms with Gasteiger partial charge >= 0.3 is 0 Å². The lowest BCUT2D eigenvalue weighted by molar-refractivity contribution is -0.908. The number of benzene rings is 2. The number of likely N-dealkylation sites (N-methyl/N-ethyl adjacent to an activating group) is 1. The molecule has 3 rings (SSSR count). The zero-order valence-electron chi connectivity index (χ0n) is 18.2. The van der Waals surface area contributed by atoms with Gasteiger partial charge < -0.3 is 20.5 Å². The van der Waals surface area contributed by atoms with E-state index in [1.54, 1.807) is 25.1 Å². The number of para-hydroxylation sites is 2. The lowest BCUT2D eigenvalue weighted by Crippen LogP contribution is -3.12. The molecule has 0 spiro atoms. The number of quaternary nitrogens is 1. The van der Waals surface area contributed by atoms with Crippen molar-refractivity contribution in [1.82, 2.24) is 15.3 Å². The molecule has 31 heavy (non-hydrogen) atoms. The minimum absolute atomic E-state index is 0.116. The van der Waals surface area contributed by atoms with Crippen LogP contribution in [0, 0.1) is 13.8 Å². The van der Waals surface area contributed by atoms with Crippen molar-refractivity contribution in [1.29, 1.82) is 0 Å². The number of aryl methyl sites for hydroxylation is 2. The van der Waals surface area contributed by atoms with Gasteiger partial charge in [0.2, 0.25) is 5.91 Å². The molecule has 2 amide bonds. The number of H-pyrrole nitrogens is 1. The van der Waals surface area contributed by atoms with Crippen molar-refractivity contribution in [2.45, 2.75) is 33.4 Å². The molecule has 0 radical (unpaired) electrons. The van der Waals surface area contributed by atoms with Crippen LogP contribution in [0.25, 0.3) is 10.9 Å². The molecule has 4 N–H and O–H groups in total. The molecule has 1 unspecified atom stereocenters. The highest BCUT2D eigenvalue weighted by Crippen LogP contribution is 2.18. The van der Waals surface area contributed by atoms with E-state index in [0.717, 1.165) is 21.7 Å². The molecular formula is C23H28N5O3+. The summed E-state index contributed by atoms with van der Waals surface area (Å²) >= 11 is 0. The minimum Gasteiger partial charge on any atom is -0.342 e. The standard InChI is InChI=1S/C23H27N5O3/c1-14-8-7-9-15(2)21(14)27-20(29)12-24-22(30)16(3)28(4)13-19-25-18-11-6-5-10-17(18)23(31)26-19/h5-11,16H,12-13H2,1-4H3,(H,24,30)(H,27,29)(H,25,26,31)/p+1/t16-/m1/s1. The number of carbonyl (C=O) groups excluding carboxylic acids is 2. The van der Waals surface area contributed by atoms with Crippen LogP contribution in [-0.4, -0.2) is 41.4 Å². The Hall–Kier alpha value is -3.52. The maximum atomic E-state index is 12.5. The predicted molar refractivity (Wildman–Crippen MR) is 120 cm³/mol. The second-order valence-corrected chi connectivity index (χ2v) is 7.81. The Bertz CT molecular complexity index is 1150. The third kappa shape index (κ3) is 5.35. The highest BCUT2D eigenvalue weighted by atomic mass is 16.2. The van der Waals surface area contributed by atoms with Crippen LogP contribution in [0.5, 0.6) is 0 Å². The van der Waals surface area contributed by atoms with Gasteiger partial charge in [-0.1, -0.05) is 30.3 Å². The number of amides is 2. The number of nitrogens with one attached hydrogen (secondary N) is 4. The Balaban J connectivity index is 1.57. The molecule has 1 aromatic heterocycles. The third-order valence-electron chi connectivity index (χ3n) is 5.41. The summed E-state index contributed by atoms with van der Waals surface area (Å²) in [5.41, 5.74) is 3.12. The van der Waals surface area contributed by atoms with Gasteiger partial charge in [-0.05, 0) is 44.0 Å². The van der Waals surface area contributed by atoms with Crippen molar-refractivity contribution in [3.63, 3.8) is 0 Å². The number of rotatable bonds is 7. The van der Waals surface area contributed by atoms with E-state index in [1.807, 2.05) is 45.2 Å². The van der Waals surface area contributed by atoms with Crippen molar-refractivity contribution in [2.75, 3.05) is 18.9 Å². The summed E-state index contributed by atoms with van der Waals surface area (Å²) in [7, 11) is 1.84. The van der Waals surface area contributed by atoms with E-state index in [9.17, 15) is 14.4 Å². The van der Waals surface area contributed by atoms with Gasteiger partial charge in [-0.3, -0.25) is 14.4 Å². The number of anilines is 1. The largest absolute Gasteiger partial charge is 0.342 e. The maximum Gasteiger partial charge on any atom is 0.278 e. The zero-order chi connectivity index (χ0) is 22.5. The van der Waals surface area contributed by atoms with Crippen molar-refractivity contribution in [2.24, 2.45) is 0 Å². The van der Waals surface area contributed by atoms with Crippen LogP contribution in [0.15, 0.2) is 47.3 Å². The van der Waals surface area contributed by atoms with E-state index in [4.69, 9.17) is 0 Å². The first-order valence-corrected chi connectivity index (χ1v) is 10.2. The Morgan fingerprint density at radius 3 is 2.48 bits per heavy atom. The Morgan fingerprint density at radius 1 is 1.10 bits per heavy atom. The van der Waals surface area contributed by atoms with Gasteiger partial charge in [-0.25, -0.2) is 4.98 Å². The van der Waals surface area contributed by atoms with Crippen LogP contribution >= 0.6 is 0 Å².